The van der Waals surface area contributed by atoms with Crippen molar-refractivity contribution in [3.63, 3.8) is 0 Å². The standard InChI is InChI=1S/C11H17N3OS/c1-5-15-11(3,4)7-13-10-9(6-12)8(2)14-16-10/h13H,5,7H2,1-4H3. The molecule has 0 spiro atoms. The summed E-state index contributed by atoms with van der Waals surface area (Å²) in [7, 11) is 0. The number of hydrogen-bond donors (Lipinski definition) is 1. The average molecular weight is 239 g/mol. The van der Waals surface area contributed by atoms with Crippen LogP contribution in [-0.4, -0.2) is 23.1 Å². The molecular weight excluding hydrogens is 222 g/mol. The topological polar surface area (TPSA) is 57.9 Å². The van der Waals surface area contributed by atoms with E-state index in [1.165, 1.54) is 11.5 Å². The van der Waals surface area contributed by atoms with Crippen LogP contribution in [0, 0.1) is 18.3 Å². The fourth-order valence-corrected chi connectivity index (χ4v) is 2.10. The first-order chi connectivity index (χ1) is 7.50. The highest BCUT2D eigenvalue weighted by Gasteiger charge is 2.19. The van der Waals surface area contributed by atoms with Gasteiger partial charge in [-0.2, -0.15) is 9.64 Å². The van der Waals surface area contributed by atoms with Crippen LogP contribution >= 0.6 is 11.5 Å². The van der Waals surface area contributed by atoms with E-state index in [2.05, 4.69) is 15.8 Å². The molecule has 0 bridgehead atoms. The van der Waals surface area contributed by atoms with Gasteiger partial charge in [-0.3, -0.25) is 0 Å². The number of nitriles is 1. The Kier molecular flexibility index (Phi) is 4.27. The minimum atomic E-state index is -0.237. The number of aromatic nitrogens is 1. The van der Waals surface area contributed by atoms with Crippen LogP contribution in [0.3, 0.4) is 0 Å². The second kappa shape index (κ2) is 5.28. The van der Waals surface area contributed by atoms with E-state index < -0.39 is 0 Å². The molecule has 0 saturated heterocycles. The molecule has 0 amide bonds. The first kappa shape index (κ1) is 12.9. The highest BCUT2D eigenvalue weighted by molar-refractivity contribution is 7.10. The summed E-state index contributed by atoms with van der Waals surface area (Å²) in [5.41, 5.74) is 1.18. The lowest BCUT2D eigenvalue weighted by molar-refractivity contribution is 0.000744. The van der Waals surface area contributed by atoms with Gasteiger partial charge in [-0.05, 0) is 39.2 Å². The highest BCUT2D eigenvalue weighted by Crippen LogP contribution is 2.24. The SMILES string of the molecule is CCOC(C)(C)CNc1snc(C)c1C#N. The third-order valence-corrected chi connectivity index (χ3v) is 3.08. The van der Waals surface area contributed by atoms with Crippen LogP contribution in [0.1, 0.15) is 32.0 Å². The van der Waals surface area contributed by atoms with Crippen molar-refractivity contribution < 1.29 is 4.74 Å². The van der Waals surface area contributed by atoms with Gasteiger partial charge in [0.25, 0.3) is 0 Å². The third-order valence-electron chi connectivity index (χ3n) is 2.18. The zero-order valence-electron chi connectivity index (χ0n) is 10.1. The van der Waals surface area contributed by atoms with Crippen molar-refractivity contribution in [2.24, 2.45) is 0 Å². The Morgan fingerprint density at radius 2 is 2.25 bits per heavy atom. The Bertz CT molecular complexity index is 392. The molecule has 0 fully saturated rings. The molecule has 16 heavy (non-hydrogen) atoms. The van der Waals surface area contributed by atoms with Crippen molar-refractivity contribution in [3.05, 3.63) is 11.3 Å². The van der Waals surface area contributed by atoms with Gasteiger partial charge in [0.1, 0.15) is 16.6 Å². The molecule has 0 aliphatic carbocycles. The predicted octanol–water partition coefficient (Wildman–Crippen LogP) is 2.55. The Morgan fingerprint density at radius 1 is 1.56 bits per heavy atom. The van der Waals surface area contributed by atoms with Crippen LogP contribution in [-0.2, 0) is 4.74 Å². The van der Waals surface area contributed by atoms with Crippen molar-refractivity contribution in [2.75, 3.05) is 18.5 Å². The minimum Gasteiger partial charge on any atom is -0.374 e. The Morgan fingerprint density at radius 3 is 2.81 bits per heavy atom. The Hall–Kier alpha value is -1.12. The van der Waals surface area contributed by atoms with E-state index in [1.807, 2.05) is 27.7 Å². The number of aryl methyl sites for hydroxylation is 1. The molecule has 0 radical (unpaired) electrons. The number of nitrogens with one attached hydrogen (secondary N) is 1. The second-order valence-corrected chi connectivity index (χ2v) is 4.90. The molecule has 4 nitrogen and oxygen atoms in total. The van der Waals surface area contributed by atoms with E-state index in [4.69, 9.17) is 10.00 Å². The van der Waals surface area contributed by atoms with E-state index >= 15 is 0 Å². The Balaban J connectivity index is 2.65. The van der Waals surface area contributed by atoms with Crippen molar-refractivity contribution in [2.45, 2.75) is 33.3 Å². The molecule has 0 aliphatic heterocycles. The predicted molar refractivity (Wildman–Crippen MR) is 65.8 cm³/mol. The van der Waals surface area contributed by atoms with Gasteiger partial charge in [0.05, 0.1) is 11.3 Å². The van der Waals surface area contributed by atoms with Gasteiger partial charge in [0, 0.05) is 13.2 Å². The molecule has 5 heteroatoms. The van der Waals surface area contributed by atoms with E-state index in [0.717, 1.165) is 10.7 Å². The van der Waals surface area contributed by atoms with Crippen LogP contribution in [0.5, 0.6) is 0 Å². The molecule has 1 aromatic rings. The monoisotopic (exact) mass is 239 g/mol. The molecule has 0 aliphatic rings. The molecule has 1 aromatic heterocycles. The number of anilines is 1. The summed E-state index contributed by atoms with van der Waals surface area (Å²) in [5, 5.41) is 13.0. The van der Waals surface area contributed by atoms with Crippen molar-refractivity contribution in [3.8, 4) is 6.07 Å². The first-order valence-corrected chi connectivity index (χ1v) is 6.01. The minimum absolute atomic E-state index is 0.237. The van der Waals surface area contributed by atoms with Crippen LogP contribution in [0.4, 0.5) is 5.00 Å². The summed E-state index contributed by atoms with van der Waals surface area (Å²) in [5.74, 6) is 0. The maximum absolute atomic E-state index is 8.97. The molecular formula is C11H17N3OS. The van der Waals surface area contributed by atoms with Gasteiger partial charge in [-0.15, -0.1) is 0 Å². The average Bonchev–Trinajstić information content (AvgIpc) is 2.56. The quantitative estimate of drug-likeness (QED) is 0.858. The van der Waals surface area contributed by atoms with Crippen molar-refractivity contribution in [1.29, 1.82) is 5.26 Å². The lowest BCUT2D eigenvalue weighted by Gasteiger charge is -2.24. The summed E-state index contributed by atoms with van der Waals surface area (Å²) < 4.78 is 9.72. The number of nitrogens with zero attached hydrogens (tertiary/aromatic N) is 2. The third kappa shape index (κ3) is 3.19. The molecule has 0 aromatic carbocycles. The summed E-state index contributed by atoms with van der Waals surface area (Å²) in [4.78, 5) is 0. The lowest BCUT2D eigenvalue weighted by Crippen LogP contribution is -2.33. The summed E-state index contributed by atoms with van der Waals surface area (Å²) >= 11 is 1.32. The number of ether oxygens (including phenoxy) is 1. The zero-order valence-corrected chi connectivity index (χ0v) is 10.9. The van der Waals surface area contributed by atoms with Crippen LogP contribution in [0.25, 0.3) is 0 Å². The summed E-state index contributed by atoms with van der Waals surface area (Å²) in [6.07, 6.45) is 0. The van der Waals surface area contributed by atoms with E-state index in [-0.39, 0.29) is 5.60 Å². The number of rotatable bonds is 5. The molecule has 1 heterocycles. The van der Waals surface area contributed by atoms with Crippen LogP contribution in [0.15, 0.2) is 0 Å². The number of hydrogen-bond acceptors (Lipinski definition) is 5. The molecule has 1 N–H and O–H groups in total. The molecule has 88 valence electrons. The van der Waals surface area contributed by atoms with Crippen LogP contribution in [0.2, 0.25) is 0 Å². The van der Waals surface area contributed by atoms with E-state index in [1.54, 1.807) is 0 Å². The Labute approximate surface area is 100 Å². The molecule has 0 unspecified atom stereocenters. The fraction of sp³-hybridized carbons (Fsp3) is 0.636. The smallest absolute Gasteiger partial charge is 0.127 e. The highest BCUT2D eigenvalue weighted by atomic mass is 32.1. The lowest BCUT2D eigenvalue weighted by atomic mass is 10.1. The van der Waals surface area contributed by atoms with Crippen molar-refractivity contribution >= 4 is 16.5 Å². The normalized spacial score (nSPS) is 11.2. The van der Waals surface area contributed by atoms with E-state index in [9.17, 15) is 0 Å². The molecule has 1 rings (SSSR count). The first-order valence-electron chi connectivity index (χ1n) is 5.24. The molecule has 0 saturated carbocycles. The second-order valence-electron chi connectivity index (χ2n) is 4.13. The summed E-state index contributed by atoms with van der Waals surface area (Å²) in [6, 6.07) is 2.16. The largest absolute Gasteiger partial charge is 0.374 e. The fourth-order valence-electron chi connectivity index (χ4n) is 1.36. The summed E-state index contributed by atoms with van der Waals surface area (Å²) in [6.45, 7) is 9.19. The molecule has 0 atom stereocenters. The maximum Gasteiger partial charge on any atom is 0.127 e. The van der Waals surface area contributed by atoms with Crippen molar-refractivity contribution in [1.82, 2.24) is 4.37 Å². The van der Waals surface area contributed by atoms with Gasteiger partial charge >= 0.3 is 0 Å². The van der Waals surface area contributed by atoms with Gasteiger partial charge < -0.3 is 10.1 Å². The zero-order chi connectivity index (χ0) is 12.2. The van der Waals surface area contributed by atoms with E-state index in [0.29, 0.717) is 18.7 Å². The van der Waals surface area contributed by atoms with Gasteiger partial charge in [-0.25, -0.2) is 0 Å². The maximum atomic E-state index is 8.97. The van der Waals surface area contributed by atoms with Crippen LogP contribution < -0.4 is 5.32 Å². The van der Waals surface area contributed by atoms with Gasteiger partial charge in [0.15, 0.2) is 0 Å². The van der Waals surface area contributed by atoms with Gasteiger partial charge in [-0.1, -0.05) is 0 Å². The van der Waals surface area contributed by atoms with Gasteiger partial charge in [0.2, 0.25) is 0 Å².